The Morgan fingerprint density at radius 2 is 1.24 bits per heavy atom. The summed E-state index contributed by atoms with van der Waals surface area (Å²) in [4.78, 5) is 3.44. The molecule has 21 heavy (non-hydrogen) atoms. The van der Waals surface area contributed by atoms with Crippen LogP contribution in [0, 0.1) is 10.2 Å². The predicted molar refractivity (Wildman–Crippen MR) is 65.9 cm³/mol. The summed E-state index contributed by atoms with van der Waals surface area (Å²) in [5.74, 6) is 0. The summed E-state index contributed by atoms with van der Waals surface area (Å²) in [5.41, 5.74) is 3.54. The lowest BCUT2D eigenvalue weighted by molar-refractivity contribution is -2.00. The van der Waals surface area contributed by atoms with Crippen molar-refractivity contribution in [1.29, 1.82) is 0 Å². The number of aromatic nitrogens is 1. The Balaban J connectivity index is 0.000000282. The predicted octanol–water partition coefficient (Wildman–Crippen LogP) is -1.44. The van der Waals surface area contributed by atoms with Crippen molar-refractivity contribution < 1.29 is 33.9 Å². The SMILES string of the molecule is [O-][Cl+3]([O-])([O-])[O-].c1ccc(-c2ccc3ccccc3[nH+]2)cc1. The lowest BCUT2D eigenvalue weighted by Crippen LogP contribution is -2.68. The van der Waals surface area contributed by atoms with Crippen LogP contribution in [0.25, 0.3) is 22.2 Å². The Morgan fingerprint density at radius 3 is 1.90 bits per heavy atom. The zero-order valence-electron chi connectivity index (χ0n) is 10.9. The van der Waals surface area contributed by atoms with Crippen LogP contribution in [0.4, 0.5) is 0 Å². The maximum atomic E-state index is 8.49. The Morgan fingerprint density at radius 1 is 0.667 bits per heavy atom. The van der Waals surface area contributed by atoms with Crippen molar-refractivity contribution in [3.8, 4) is 11.3 Å². The third-order valence-corrected chi connectivity index (χ3v) is 2.74. The van der Waals surface area contributed by atoms with E-state index in [9.17, 15) is 0 Å². The summed E-state index contributed by atoms with van der Waals surface area (Å²) < 4.78 is 34.0. The van der Waals surface area contributed by atoms with E-state index in [4.69, 9.17) is 18.6 Å². The maximum absolute atomic E-state index is 8.49. The summed E-state index contributed by atoms with van der Waals surface area (Å²) in [6.07, 6.45) is 0. The molecule has 0 aliphatic heterocycles. The van der Waals surface area contributed by atoms with E-state index in [1.54, 1.807) is 0 Å². The highest BCUT2D eigenvalue weighted by molar-refractivity contribution is 5.76. The first-order valence-corrected chi connectivity index (χ1v) is 7.25. The number of aromatic amines is 1. The van der Waals surface area contributed by atoms with Crippen LogP contribution >= 0.6 is 0 Å². The zero-order valence-corrected chi connectivity index (χ0v) is 11.6. The molecule has 0 aliphatic carbocycles. The molecule has 5 nitrogen and oxygen atoms in total. The zero-order chi connectivity index (χ0) is 15.3. The fourth-order valence-corrected chi connectivity index (χ4v) is 1.90. The monoisotopic (exact) mass is 305 g/mol. The van der Waals surface area contributed by atoms with Crippen molar-refractivity contribution in [2.75, 3.05) is 0 Å². The van der Waals surface area contributed by atoms with Crippen LogP contribution in [-0.4, -0.2) is 0 Å². The second kappa shape index (κ2) is 6.62. The standard InChI is InChI=1S/C15H11N.ClHO4/c1-2-6-12(7-3-1)15-11-10-13-8-4-5-9-14(13)16-15;2-1(3,4)5/h1-11H;(H,2,3,4,5). The van der Waals surface area contributed by atoms with E-state index < -0.39 is 10.2 Å². The molecule has 108 valence electrons. The number of pyridine rings is 1. The highest BCUT2D eigenvalue weighted by Gasteiger charge is 2.06. The first-order valence-electron chi connectivity index (χ1n) is 6.02. The van der Waals surface area contributed by atoms with E-state index in [1.165, 1.54) is 16.5 Å². The summed E-state index contributed by atoms with van der Waals surface area (Å²) in [7, 11) is -4.94. The molecule has 1 aromatic heterocycles. The summed E-state index contributed by atoms with van der Waals surface area (Å²) in [5, 5.41) is 1.24. The normalized spacial score (nSPS) is 10.9. The Bertz CT molecular complexity index is 707. The van der Waals surface area contributed by atoms with Gasteiger partial charge >= 0.3 is 0 Å². The van der Waals surface area contributed by atoms with Gasteiger partial charge in [-0.25, -0.2) is 23.6 Å². The molecular weight excluding hydrogens is 294 g/mol. The minimum Gasteiger partial charge on any atom is -0.222 e. The molecule has 1 N–H and O–H groups in total. The number of hydrogen-bond acceptors (Lipinski definition) is 4. The molecule has 0 spiro atoms. The number of hydrogen-bond donors (Lipinski definition) is 0. The lowest BCUT2D eigenvalue weighted by Gasteiger charge is -2.17. The van der Waals surface area contributed by atoms with Gasteiger partial charge in [0.05, 0.1) is 0 Å². The fraction of sp³-hybridized carbons (Fsp3) is 0. The molecule has 6 heteroatoms. The quantitative estimate of drug-likeness (QED) is 0.549. The molecule has 0 unspecified atom stereocenters. The van der Waals surface area contributed by atoms with E-state index in [-0.39, 0.29) is 0 Å². The topological polar surface area (TPSA) is 106 Å². The Hall–Kier alpha value is -2.02. The molecule has 0 saturated heterocycles. The van der Waals surface area contributed by atoms with Crippen molar-refractivity contribution in [2.45, 2.75) is 0 Å². The van der Waals surface area contributed by atoms with Gasteiger partial charge in [-0.15, -0.1) is 10.2 Å². The number of H-pyrrole nitrogens is 1. The number of para-hydroxylation sites is 1. The largest absolute Gasteiger partial charge is 0.222 e. The lowest BCUT2D eigenvalue weighted by atomic mass is 10.1. The number of rotatable bonds is 1. The van der Waals surface area contributed by atoms with Crippen LogP contribution in [0.15, 0.2) is 66.7 Å². The van der Waals surface area contributed by atoms with Gasteiger partial charge in [0, 0.05) is 23.1 Å². The number of fused-ring (bicyclic) bond motifs is 1. The maximum Gasteiger partial charge on any atom is 0.211 e. The molecule has 3 aromatic rings. The van der Waals surface area contributed by atoms with Crippen LogP contribution in [-0.2, 0) is 0 Å². The molecule has 0 fully saturated rings. The van der Waals surface area contributed by atoms with Crippen LogP contribution in [0.2, 0.25) is 0 Å². The molecule has 0 radical (unpaired) electrons. The van der Waals surface area contributed by atoms with Crippen LogP contribution in [0.5, 0.6) is 0 Å². The van der Waals surface area contributed by atoms with Crippen molar-refractivity contribution in [3.05, 3.63) is 66.7 Å². The van der Waals surface area contributed by atoms with Gasteiger partial charge in [-0.3, -0.25) is 0 Å². The summed E-state index contributed by atoms with van der Waals surface area (Å²) in [6.45, 7) is 0. The van der Waals surface area contributed by atoms with Crippen molar-refractivity contribution in [2.24, 2.45) is 0 Å². The van der Waals surface area contributed by atoms with Gasteiger partial charge in [0.25, 0.3) is 0 Å². The van der Waals surface area contributed by atoms with E-state index in [0.29, 0.717) is 0 Å². The van der Waals surface area contributed by atoms with Gasteiger partial charge in [-0.2, -0.15) is 0 Å². The van der Waals surface area contributed by atoms with E-state index >= 15 is 0 Å². The summed E-state index contributed by atoms with van der Waals surface area (Å²) >= 11 is 0. The van der Waals surface area contributed by atoms with Crippen molar-refractivity contribution >= 4 is 10.9 Å². The summed E-state index contributed by atoms with van der Waals surface area (Å²) in [6, 6.07) is 22.9. The number of halogens is 1. The van der Waals surface area contributed by atoms with Crippen LogP contribution < -0.4 is 23.6 Å². The van der Waals surface area contributed by atoms with Gasteiger partial charge in [0.2, 0.25) is 11.2 Å². The first-order chi connectivity index (χ1) is 9.93. The molecule has 1 heterocycles. The highest BCUT2D eigenvalue weighted by Crippen LogP contribution is 2.16. The molecule has 2 aromatic carbocycles. The van der Waals surface area contributed by atoms with Crippen molar-refractivity contribution in [3.63, 3.8) is 0 Å². The third kappa shape index (κ3) is 5.11. The molecule has 0 atom stereocenters. The van der Waals surface area contributed by atoms with Gasteiger partial charge in [-0.05, 0) is 24.3 Å². The fourth-order valence-electron chi connectivity index (χ4n) is 1.90. The van der Waals surface area contributed by atoms with Gasteiger partial charge in [0.15, 0.2) is 0 Å². The first kappa shape index (κ1) is 15.4. The van der Waals surface area contributed by atoms with E-state index in [0.717, 1.165) is 5.69 Å². The second-order valence-electron chi connectivity index (χ2n) is 4.20. The molecular formula is C15H12ClNO4. The molecule has 0 saturated carbocycles. The average Bonchev–Trinajstić information content (AvgIpc) is 2.46. The molecule has 3 rings (SSSR count). The third-order valence-electron chi connectivity index (χ3n) is 2.74. The van der Waals surface area contributed by atoms with Gasteiger partial charge in [0.1, 0.15) is 0 Å². The number of benzene rings is 2. The van der Waals surface area contributed by atoms with Crippen LogP contribution in [0.3, 0.4) is 0 Å². The minimum atomic E-state index is -4.94. The van der Waals surface area contributed by atoms with Crippen molar-refractivity contribution in [1.82, 2.24) is 0 Å². The minimum absolute atomic E-state index is 1.15. The molecule has 0 bridgehead atoms. The Labute approximate surface area is 123 Å². The second-order valence-corrected chi connectivity index (χ2v) is 4.96. The van der Waals surface area contributed by atoms with Gasteiger partial charge < -0.3 is 0 Å². The average molecular weight is 306 g/mol. The van der Waals surface area contributed by atoms with Crippen LogP contribution in [0.1, 0.15) is 0 Å². The van der Waals surface area contributed by atoms with E-state index in [2.05, 4.69) is 59.6 Å². The smallest absolute Gasteiger partial charge is 0.211 e. The van der Waals surface area contributed by atoms with E-state index in [1.807, 2.05) is 12.1 Å². The molecule has 0 amide bonds. The van der Waals surface area contributed by atoms with Gasteiger partial charge in [-0.1, -0.05) is 30.3 Å². The highest BCUT2D eigenvalue weighted by atomic mass is 35.7. The molecule has 0 aliphatic rings. The Kier molecular flexibility index (Phi) is 4.85. The number of nitrogens with one attached hydrogen (secondary N) is 1.